The molecule has 1 aliphatic rings. The summed E-state index contributed by atoms with van der Waals surface area (Å²) in [6.07, 6.45) is 0.00553. The minimum Gasteiger partial charge on any atom is -0.490 e. The molecular formula is C23H17FN2O4. The molecule has 1 aliphatic heterocycles. The summed E-state index contributed by atoms with van der Waals surface area (Å²) in [5.41, 5.74) is 1.49. The van der Waals surface area contributed by atoms with Crippen molar-refractivity contribution in [2.45, 2.75) is 6.42 Å². The number of nitrogens with one attached hydrogen (secondary N) is 1. The normalized spacial score (nSPS) is 12.6. The van der Waals surface area contributed by atoms with Gasteiger partial charge in [-0.25, -0.2) is 9.29 Å². The highest BCUT2D eigenvalue weighted by Crippen LogP contribution is 2.29. The van der Waals surface area contributed by atoms with Crippen LogP contribution in [0.2, 0.25) is 0 Å². The Balaban J connectivity index is 1.40. The van der Waals surface area contributed by atoms with Crippen molar-refractivity contribution in [3.8, 4) is 5.75 Å². The van der Waals surface area contributed by atoms with Gasteiger partial charge in [-0.3, -0.25) is 14.4 Å². The first-order chi connectivity index (χ1) is 14.5. The van der Waals surface area contributed by atoms with Crippen molar-refractivity contribution in [3.63, 3.8) is 0 Å². The van der Waals surface area contributed by atoms with Crippen LogP contribution in [0.3, 0.4) is 0 Å². The van der Waals surface area contributed by atoms with Crippen LogP contribution in [0.5, 0.6) is 5.75 Å². The maximum atomic E-state index is 13.5. The predicted octanol–water partition coefficient (Wildman–Crippen LogP) is 4.03. The molecule has 0 saturated heterocycles. The molecule has 0 aliphatic carbocycles. The number of fused-ring (bicyclic) bond motifs is 1. The van der Waals surface area contributed by atoms with Crippen LogP contribution >= 0.6 is 0 Å². The fourth-order valence-corrected chi connectivity index (χ4v) is 3.19. The number of benzene rings is 3. The number of ether oxygens (including phenoxy) is 1. The molecule has 30 heavy (non-hydrogen) atoms. The van der Waals surface area contributed by atoms with Gasteiger partial charge in [0.15, 0.2) is 11.6 Å². The Hall–Kier alpha value is -4.00. The van der Waals surface area contributed by atoms with E-state index in [1.807, 2.05) is 0 Å². The lowest BCUT2D eigenvalue weighted by molar-refractivity contribution is -0.116. The lowest BCUT2D eigenvalue weighted by Gasteiger charge is -2.15. The molecule has 0 aromatic heterocycles. The van der Waals surface area contributed by atoms with E-state index in [0.717, 1.165) is 4.90 Å². The summed E-state index contributed by atoms with van der Waals surface area (Å²) in [5.74, 6) is -1.56. The van der Waals surface area contributed by atoms with Crippen LogP contribution in [0.4, 0.5) is 15.8 Å². The second kappa shape index (κ2) is 8.16. The van der Waals surface area contributed by atoms with Crippen LogP contribution in [-0.4, -0.2) is 24.3 Å². The van der Waals surface area contributed by atoms with Gasteiger partial charge in [0.2, 0.25) is 5.91 Å². The number of imide groups is 1. The molecule has 0 radical (unpaired) electrons. The number of para-hydroxylation sites is 1. The molecule has 0 atom stereocenters. The van der Waals surface area contributed by atoms with E-state index in [1.54, 1.807) is 60.7 Å². The van der Waals surface area contributed by atoms with Crippen molar-refractivity contribution in [3.05, 3.63) is 89.7 Å². The molecule has 0 fully saturated rings. The van der Waals surface area contributed by atoms with Crippen LogP contribution < -0.4 is 15.0 Å². The highest BCUT2D eigenvalue weighted by Gasteiger charge is 2.36. The first kappa shape index (κ1) is 19.3. The molecule has 0 saturated carbocycles. The molecule has 3 aromatic rings. The number of rotatable bonds is 6. The number of carbonyl (C=O) groups excluding carboxylic acids is 3. The third-order valence-corrected chi connectivity index (χ3v) is 4.61. The summed E-state index contributed by atoms with van der Waals surface area (Å²) in [7, 11) is 0. The highest BCUT2D eigenvalue weighted by atomic mass is 19.1. The maximum absolute atomic E-state index is 13.5. The average molecular weight is 404 g/mol. The van der Waals surface area contributed by atoms with Crippen molar-refractivity contribution in [2.75, 3.05) is 16.8 Å². The zero-order chi connectivity index (χ0) is 21.1. The number of amides is 3. The highest BCUT2D eigenvalue weighted by molar-refractivity contribution is 6.34. The molecule has 7 heteroatoms. The van der Waals surface area contributed by atoms with Gasteiger partial charge in [0.05, 0.1) is 29.8 Å². The Morgan fingerprint density at radius 3 is 2.27 bits per heavy atom. The van der Waals surface area contributed by atoms with Gasteiger partial charge < -0.3 is 10.1 Å². The summed E-state index contributed by atoms with van der Waals surface area (Å²) < 4.78 is 18.8. The summed E-state index contributed by atoms with van der Waals surface area (Å²) in [5, 5.41) is 2.70. The lowest BCUT2D eigenvalue weighted by Crippen LogP contribution is -2.29. The third kappa shape index (κ3) is 3.77. The van der Waals surface area contributed by atoms with E-state index in [0.29, 0.717) is 22.5 Å². The Bertz CT molecular complexity index is 1110. The molecular weight excluding hydrogens is 387 g/mol. The standard InChI is InChI=1S/C23H17FN2O4/c24-19-10-3-4-11-20(19)30-13-12-21(27)25-15-6-5-7-16(14-15)26-22(28)17-8-1-2-9-18(17)23(26)29/h1-11,14H,12-13H2,(H,25,27). The maximum Gasteiger partial charge on any atom is 0.266 e. The van der Waals surface area contributed by atoms with Crippen molar-refractivity contribution < 1.29 is 23.5 Å². The smallest absolute Gasteiger partial charge is 0.266 e. The lowest BCUT2D eigenvalue weighted by atomic mass is 10.1. The van der Waals surface area contributed by atoms with Crippen molar-refractivity contribution in [1.29, 1.82) is 0 Å². The van der Waals surface area contributed by atoms with E-state index in [1.165, 1.54) is 12.1 Å². The third-order valence-electron chi connectivity index (χ3n) is 4.61. The fraction of sp³-hybridized carbons (Fsp3) is 0.0870. The molecule has 150 valence electrons. The predicted molar refractivity (Wildman–Crippen MR) is 109 cm³/mol. The average Bonchev–Trinajstić information content (AvgIpc) is 3.00. The Morgan fingerprint density at radius 2 is 1.57 bits per heavy atom. The first-order valence-electron chi connectivity index (χ1n) is 9.29. The van der Waals surface area contributed by atoms with Gasteiger partial charge in [0.1, 0.15) is 0 Å². The molecule has 4 rings (SSSR count). The van der Waals surface area contributed by atoms with Gasteiger partial charge in [-0.05, 0) is 42.5 Å². The van der Waals surface area contributed by atoms with Gasteiger partial charge in [-0.2, -0.15) is 0 Å². The minimum atomic E-state index is -0.494. The molecule has 3 amide bonds. The Labute approximate surface area is 171 Å². The van der Waals surface area contributed by atoms with E-state index < -0.39 is 17.6 Å². The molecule has 1 heterocycles. The summed E-state index contributed by atoms with van der Waals surface area (Å²) in [6.45, 7) is 0.00483. The van der Waals surface area contributed by atoms with Gasteiger partial charge in [-0.1, -0.05) is 30.3 Å². The molecule has 3 aromatic carbocycles. The summed E-state index contributed by atoms with van der Waals surface area (Å²) in [4.78, 5) is 38.5. The number of nitrogens with zero attached hydrogens (tertiary/aromatic N) is 1. The molecule has 1 N–H and O–H groups in total. The van der Waals surface area contributed by atoms with Crippen LogP contribution in [0.1, 0.15) is 27.1 Å². The molecule has 6 nitrogen and oxygen atoms in total. The van der Waals surface area contributed by atoms with Crippen molar-refractivity contribution >= 4 is 29.1 Å². The Morgan fingerprint density at radius 1 is 0.900 bits per heavy atom. The van der Waals surface area contributed by atoms with E-state index in [9.17, 15) is 18.8 Å². The number of anilines is 2. The summed E-state index contributed by atoms with van der Waals surface area (Å²) in [6, 6.07) is 19.0. The van der Waals surface area contributed by atoms with E-state index in [-0.39, 0.29) is 24.7 Å². The van der Waals surface area contributed by atoms with E-state index >= 15 is 0 Å². The fourth-order valence-electron chi connectivity index (χ4n) is 3.19. The van der Waals surface area contributed by atoms with Crippen LogP contribution in [0, 0.1) is 5.82 Å². The van der Waals surface area contributed by atoms with E-state index in [4.69, 9.17) is 4.74 Å². The first-order valence-corrected chi connectivity index (χ1v) is 9.29. The molecule has 0 unspecified atom stereocenters. The van der Waals surface area contributed by atoms with Crippen LogP contribution in [-0.2, 0) is 4.79 Å². The minimum absolute atomic E-state index is 0.00483. The topological polar surface area (TPSA) is 75.7 Å². The second-order valence-corrected chi connectivity index (χ2v) is 6.62. The van der Waals surface area contributed by atoms with Gasteiger partial charge in [-0.15, -0.1) is 0 Å². The van der Waals surface area contributed by atoms with Gasteiger partial charge in [0, 0.05) is 5.69 Å². The van der Waals surface area contributed by atoms with Crippen molar-refractivity contribution in [1.82, 2.24) is 0 Å². The number of carbonyl (C=O) groups is 3. The number of hydrogen-bond donors (Lipinski definition) is 1. The number of hydrogen-bond acceptors (Lipinski definition) is 4. The Kier molecular flexibility index (Phi) is 5.26. The quantitative estimate of drug-likeness (QED) is 0.630. The monoisotopic (exact) mass is 404 g/mol. The van der Waals surface area contributed by atoms with Gasteiger partial charge in [0.25, 0.3) is 11.8 Å². The number of halogens is 1. The van der Waals surface area contributed by atoms with E-state index in [2.05, 4.69) is 5.32 Å². The largest absolute Gasteiger partial charge is 0.490 e. The molecule has 0 bridgehead atoms. The zero-order valence-corrected chi connectivity index (χ0v) is 15.8. The second-order valence-electron chi connectivity index (χ2n) is 6.62. The SMILES string of the molecule is O=C(CCOc1ccccc1F)Nc1cccc(N2C(=O)c3ccccc3C2=O)c1. The summed E-state index contributed by atoms with van der Waals surface area (Å²) >= 11 is 0. The van der Waals surface area contributed by atoms with Gasteiger partial charge >= 0.3 is 0 Å². The van der Waals surface area contributed by atoms with Crippen molar-refractivity contribution in [2.24, 2.45) is 0 Å². The van der Waals surface area contributed by atoms with Crippen LogP contribution in [0.15, 0.2) is 72.8 Å². The molecule has 0 spiro atoms. The zero-order valence-electron chi connectivity index (χ0n) is 15.8. The van der Waals surface area contributed by atoms with Crippen LogP contribution in [0.25, 0.3) is 0 Å².